The van der Waals surface area contributed by atoms with Crippen molar-refractivity contribution >= 4 is 34.8 Å². The quantitative estimate of drug-likeness (QED) is 0.659. The zero-order valence-corrected chi connectivity index (χ0v) is 16.1. The minimum atomic E-state index is -0.506. The second kappa shape index (κ2) is 7.98. The monoisotopic (exact) mass is 407 g/mol. The molecule has 1 N–H and O–H groups in total. The summed E-state index contributed by atoms with van der Waals surface area (Å²) >= 11 is 12.0. The van der Waals surface area contributed by atoms with Crippen LogP contribution in [0.4, 0.5) is 16.0 Å². The molecule has 1 heterocycles. The van der Waals surface area contributed by atoms with Crippen LogP contribution >= 0.6 is 23.2 Å². The van der Waals surface area contributed by atoms with Crippen LogP contribution in [-0.2, 0) is 6.54 Å². The van der Waals surface area contributed by atoms with E-state index in [0.717, 1.165) is 11.1 Å². The fraction of sp³-hybridized carbons (Fsp3) is 0.158. The fourth-order valence-electron chi connectivity index (χ4n) is 2.53. The topological polar surface area (TPSA) is 56.1 Å². The first-order valence-corrected chi connectivity index (χ1v) is 8.76. The summed E-state index contributed by atoms with van der Waals surface area (Å²) in [5.41, 5.74) is 1.76. The normalized spacial score (nSPS) is 10.7. The Hall–Kier alpha value is -2.57. The summed E-state index contributed by atoms with van der Waals surface area (Å²) in [5, 5.41) is 3.74. The largest absolute Gasteiger partial charge is 0.490 e. The molecule has 0 aliphatic carbocycles. The van der Waals surface area contributed by atoms with Crippen molar-refractivity contribution in [2.75, 3.05) is 12.4 Å². The van der Waals surface area contributed by atoms with Gasteiger partial charge in [-0.05, 0) is 42.3 Å². The number of hydrogen-bond acceptors (Lipinski definition) is 4. The molecule has 0 aliphatic rings. The van der Waals surface area contributed by atoms with Crippen LogP contribution in [0.15, 0.2) is 47.4 Å². The highest BCUT2D eigenvalue weighted by atomic mass is 35.5. The summed E-state index contributed by atoms with van der Waals surface area (Å²) in [5.74, 6) is -0.105. The number of anilines is 2. The highest BCUT2D eigenvalue weighted by Gasteiger charge is 2.12. The van der Waals surface area contributed by atoms with Crippen LogP contribution in [0.25, 0.3) is 0 Å². The molecule has 140 valence electrons. The number of rotatable bonds is 5. The molecule has 3 rings (SSSR count). The van der Waals surface area contributed by atoms with Crippen molar-refractivity contribution in [1.29, 1.82) is 0 Å². The van der Waals surface area contributed by atoms with Gasteiger partial charge in [-0.3, -0.25) is 4.79 Å². The first-order chi connectivity index (χ1) is 12.9. The van der Waals surface area contributed by atoms with E-state index >= 15 is 0 Å². The van der Waals surface area contributed by atoms with Crippen LogP contribution < -0.4 is 15.6 Å². The molecule has 5 nitrogen and oxygen atoms in total. The lowest BCUT2D eigenvalue weighted by molar-refractivity contribution is 0.402. The van der Waals surface area contributed by atoms with Crippen molar-refractivity contribution in [3.8, 4) is 5.75 Å². The smallest absolute Gasteiger partial charge is 0.316 e. The summed E-state index contributed by atoms with van der Waals surface area (Å²) in [7, 11) is 1.39. The third-order valence-corrected chi connectivity index (χ3v) is 4.73. The Labute approximate surface area is 165 Å². The van der Waals surface area contributed by atoms with Gasteiger partial charge in [0.15, 0.2) is 0 Å². The third-order valence-electron chi connectivity index (χ3n) is 4.03. The van der Waals surface area contributed by atoms with E-state index < -0.39 is 11.4 Å². The van der Waals surface area contributed by atoms with Gasteiger partial charge >= 0.3 is 5.56 Å². The predicted molar refractivity (Wildman–Crippen MR) is 105 cm³/mol. The highest BCUT2D eigenvalue weighted by molar-refractivity contribution is 6.31. The van der Waals surface area contributed by atoms with Crippen molar-refractivity contribution in [3.63, 3.8) is 0 Å². The lowest BCUT2D eigenvalue weighted by Gasteiger charge is -2.17. The van der Waals surface area contributed by atoms with Crippen LogP contribution in [0.5, 0.6) is 5.75 Å². The summed E-state index contributed by atoms with van der Waals surface area (Å²) in [6.45, 7) is 2.15. The van der Waals surface area contributed by atoms with Crippen molar-refractivity contribution in [1.82, 2.24) is 9.55 Å². The number of hydrogen-bond donors (Lipinski definition) is 1. The Kier molecular flexibility index (Phi) is 5.68. The molecule has 0 saturated heterocycles. The summed E-state index contributed by atoms with van der Waals surface area (Å²) in [6.07, 6.45) is 1.54. The number of aromatic nitrogens is 2. The molecule has 3 aromatic rings. The van der Waals surface area contributed by atoms with Crippen molar-refractivity contribution < 1.29 is 9.13 Å². The van der Waals surface area contributed by atoms with Gasteiger partial charge in [0, 0.05) is 10.7 Å². The molecule has 0 amide bonds. The van der Waals surface area contributed by atoms with E-state index in [1.165, 1.54) is 25.4 Å². The van der Waals surface area contributed by atoms with E-state index in [0.29, 0.717) is 23.2 Å². The van der Waals surface area contributed by atoms with Gasteiger partial charge in [0.2, 0.25) is 11.7 Å². The number of nitrogens with one attached hydrogen (secondary N) is 1. The van der Waals surface area contributed by atoms with E-state index in [9.17, 15) is 9.18 Å². The zero-order valence-electron chi connectivity index (χ0n) is 14.6. The Morgan fingerprint density at radius 2 is 2.00 bits per heavy atom. The second-order valence-electron chi connectivity index (χ2n) is 5.85. The first-order valence-electron chi connectivity index (χ1n) is 8.00. The van der Waals surface area contributed by atoms with Gasteiger partial charge in [-0.1, -0.05) is 35.3 Å². The number of methoxy groups -OCH3 is 1. The average molecular weight is 408 g/mol. The van der Waals surface area contributed by atoms with Gasteiger partial charge in [0.05, 0.1) is 24.9 Å². The molecule has 0 fully saturated rings. The van der Waals surface area contributed by atoms with Gasteiger partial charge in [-0.25, -0.2) is 4.39 Å². The number of halogens is 3. The molecule has 1 aromatic heterocycles. The van der Waals surface area contributed by atoms with E-state index in [4.69, 9.17) is 27.9 Å². The molecule has 0 bridgehead atoms. The molecule has 0 radical (unpaired) electrons. The van der Waals surface area contributed by atoms with Gasteiger partial charge in [-0.15, -0.1) is 0 Å². The molecule has 27 heavy (non-hydrogen) atoms. The SMILES string of the molecule is COc1cn(Cc2ccc(F)c(Cl)c2)c(Nc2cccc(Cl)c2C)nc1=O. The molecule has 0 atom stereocenters. The van der Waals surface area contributed by atoms with E-state index in [2.05, 4.69) is 10.3 Å². The summed E-state index contributed by atoms with van der Waals surface area (Å²) in [6, 6.07) is 9.83. The average Bonchev–Trinajstić information content (AvgIpc) is 2.64. The van der Waals surface area contributed by atoms with E-state index in [1.807, 2.05) is 13.0 Å². The molecular formula is C19H16Cl2FN3O2. The van der Waals surface area contributed by atoms with Crippen molar-refractivity contribution in [2.45, 2.75) is 13.5 Å². The molecule has 0 saturated carbocycles. The van der Waals surface area contributed by atoms with Crippen molar-refractivity contribution in [3.05, 3.63) is 79.9 Å². The lowest BCUT2D eigenvalue weighted by Crippen LogP contribution is -2.19. The van der Waals surface area contributed by atoms with Crippen LogP contribution in [-0.4, -0.2) is 16.7 Å². The molecule has 2 aromatic carbocycles. The number of benzene rings is 2. The molecule has 0 unspecified atom stereocenters. The van der Waals surface area contributed by atoms with Crippen LogP contribution in [0.3, 0.4) is 0 Å². The maximum absolute atomic E-state index is 13.4. The predicted octanol–water partition coefficient (Wildman–Crippen LogP) is 4.80. The third kappa shape index (κ3) is 4.23. The van der Waals surface area contributed by atoms with Gasteiger partial charge in [-0.2, -0.15) is 4.98 Å². The fourth-order valence-corrected chi connectivity index (χ4v) is 2.91. The minimum Gasteiger partial charge on any atom is -0.490 e. The lowest BCUT2D eigenvalue weighted by atomic mass is 10.2. The Bertz CT molecular complexity index is 1050. The van der Waals surface area contributed by atoms with E-state index in [-0.39, 0.29) is 10.8 Å². The summed E-state index contributed by atoms with van der Waals surface area (Å²) in [4.78, 5) is 16.2. The van der Waals surface area contributed by atoms with Gasteiger partial charge in [0.25, 0.3) is 0 Å². The number of ether oxygens (including phenoxy) is 1. The maximum atomic E-state index is 13.4. The minimum absolute atomic E-state index is 0.0219. The summed E-state index contributed by atoms with van der Waals surface area (Å²) < 4.78 is 20.2. The zero-order chi connectivity index (χ0) is 19.6. The second-order valence-corrected chi connectivity index (χ2v) is 6.67. The Balaban J connectivity index is 2.04. The number of nitrogens with zero attached hydrogens (tertiary/aromatic N) is 2. The standard InChI is InChI=1S/C19H16Cl2FN3O2/c1-11-13(20)4-3-5-16(11)23-19-24-18(26)17(27-2)10-25(19)9-12-6-7-15(22)14(21)8-12/h3-8,10H,9H2,1-2H3,(H,23,24,26). The molecule has 0 aliphatic heterocycles. The molecule has 0 spiro atoms. The Morgan fingerprint density at radius 3 is 2.70 bits per heavy atom. The first kappa shape index (κ1) is 19.2. The van der Waals surface area contributed by atoms with Crippen LogP contribution in [0.2, 0.25) is 10.0 Å². The van der Waals surface area contributed by atoms with Crippen LogP contribution in [0.1, 0.15) is 11.1 Å². The van der Waals surface area contributed by atoms with E-state index in [1.54, 1.807) is 22.8 Å². The maximum Gasteiger partial charge on any atom is 0.316 e. The molecule has 8 heteroatoms. The van der Waals surface area contributed by atoms with Gasteiger partial charge in [0.1, 0.15) is 5.82 Å². The van der Waals surface area contributed by atoms with Crippen molar-refractivity contribution in [2.24, 2.45) is 0 Å². The molecular weight excluding hydrogens is 392 g/mol. The Morgan fingerprint density at radius 1 is 1.22 bits per heavy atom. The van der Waals surface area contributed by atoms with Gasteiger partial charge < -0.3 is 14.6 Å². The van der Waals surface area contributed by atoms with Crippen LogP contribution in [0, 0.1) is 12.7 Å². The highest BCUT2D eigenvalue weighted by Crippen LogP contribution is 2.26.